The minimum atomic E-state index is -0.914. The topological polar surface area (TPSA) is 83.8 Å². The minimum absolute atomic E-state index is 0.145. The molecule has 0 aliphatic heterocycles. The Bertz CT molecular complexity index is 486. The molecule has 0 heterocycles. The van der Waals surface area contributed by atoms with Crippen molar-refractivity contribution < 1.29 is 24.5 Å². The highest BCUT2D eigenvalue weighted by molar-refractivity contribution is 5.89. The maximum Gasteiger partial charge on any atom is 0.338 e. The molecule has 0 radical (unpaired) electrons. The Balaban J connectivity index is 0.000000433. The van der Waals surface area contributed by atoms with Gasteiger partial charge in [-0.1, -0.05) is 25.2 Å². The van der Waals surface area contributed by atoms with E-state index < -0.39 is 5.97 Å². The fourth-order valence-corrected chi connectivity index (χ4v) is 1.12. The lowest BCUT2D eigenvalue weighted by Gasteiger charge is -2.02. The first-order valence-electron chi connectivity index (χ1n) is 6.49. The van der Waals surface area contributed by atoms with Gasteiger partial charge in [-0.3, -0.25) is 0 Å². The summed E-state index contributed by atoms with van der Waals surface area (Å²) in [6.45, 7) is 4.19. The van der Waals surface area contributed by atoms with Crippen LogP contribution in [0.1, 0.15) is 30.6 Å². The molecule has 21 heavy (non-hydrogen) atoms. The lowest BCUT2D eigenvalue weighted by atomic mass is 10.2. The molecule has 0 aliphatic rings. The normalized spacial score (nSPS) is 10.2. The Morgan fingerprint density at radius 2 is 1.81 bits per heavy atom. The molecule has 5 nitrogen and oxygen atoms in total. The number of hydrogen-bond donors (Lipinski definition) is 2. The Hall–Kier alpha value is -2.56. The summed E-state index contributed by atoms with van der Waals surface area (Å²) in [6, 6.07) is 5.99. The monoisotopic (exact) mass is 292 g/mol. The average molecular weight is 292 g/mol. The van der Waals surface area contributed by atoms with Crippen LogP contribution in [0.2, 0.25) is 0 Å². The number of benzene rings is 1. The number of hydrogen-bond acceptors (Lipinski definition) is 4. The summed E-state index contributed by atoms with van der Waals surface area (Å²) < 4.78 is 4.90. The maximum absolute atomic E-state index is 11.2. The van der Waals surface area contributed by atoms with E-state index in [1.807, 2.05) is 13.8 Å². The number of allylic oxidation sites excluding steroid dienone is 3. The van der Waals surface area contributed by atoms with Crippen LogP contribution in [0, 0.1) is 0 Å². The van der Waals surface area contributed by atoms with Gasteiger partial charge in [-0.05, 0) is 37.6 Å². The first-order chi connectivity index (χ1) is 10.0. The molecule has 1 aromatic carbocycles. The summed E-state index contributed by atoms with van der Waals surface area (Å²) in [5, 5.41) is 17.0. The smallest absolute Gasteiger partial charge is 0.338 e. The molecule has 0 bridgehead atoms. The first-order valence-corrected chi connectivity index (χ1v) is 6.49. The zero-order chi connectivity index (χ0) is 16.1. The van der Waals surface area contributed by atoms with Crippen molar-refractivity contribution in [2.75, 3.05) is 6.61 Å². The molecule has 0 unspecified atom stereocenters. The third-order valence-corrected chi connectivity index (χ3v) is 2.08. The van der Waals surface area contributed by atoms with E-state index >= 15 is 0 Å². The van der Waals surface area contributed by atoms with Crippen LogP contribution in [0.15, 0.2) is 48.6 Å². The van der Waals surface area contributed by atoms with Gasteiger partial charge in [0.1, 0.15) is 5.75 Å². The van der Waals surface area contributed by atoms with E-state index in [4.69, 9.17) is 14.9 Å². The van der Waals surface area contributed by atoms with Crippen LogP contribution in [-0.2, 0) is 9.53 Å². The van der Waals surface area contributed by atoms with Crippen LogP contribution in [0.5, 0.6) is 5.75 Å². The number of carboxylic acids is 1. The van der Waals surface area contributed by atoms with Crippen LogP contribution in [0.3, 0.4) is 0 Å². The molecule has 0 fully saturated rings. The fraction of sp³-hybridized carbons (Fsp3) is 0.250. The van der Waals surface area contributed by atoms with Gasteiger partial charge in [0.25, 0.3) is 0 Å². The van der Waals surface area contributed by atoms with Gasteiger partial charge in [-0.25, -0.2) is 9.59 Å². The molecule has 0 amide bonds. The molecule has 0 aromatic heterocycles. The Kier molecular flexibility index (Phi) is 9.91. The van der Waals surface area contributed by atoms with Crippen LogP contribution < -0.4 is 0 Å². The van der Waals surface area contributed by atoms with Crippen molar-refractivity contribution in [3.63, 3.8) is 0 Å². The van der Waals surface area contributed by atoms with Gasteiger partial charge >= 0.3 is 11.9 Å². The van der Waals surface area contributed by atoms with Gasteiger partial charge in [-0.15, -0.1) is 0 Å². The highest BCUT2D eigenvalue weighted by Crippen LogP contribution is 2.10. The van der Waals surface area contributed by atoms with Gasteiger partial charge < -0.3 is 14.9 Å². The molecule has 114 valence electrons. The summed E-state index contributed by atoms with van der Waals surface area (Å²) in [7, 11) is 0. The van der Waals surface area contributed by atoms with Crippen molar-refractivity contribution in [1.29, 1.82) is 0 Å². The minimum Gasteiger partial charge on any atom is -0.508 e. The second-order valence-electron chi connectivity index (χ2n) is 3.91. The number of phenols is 1. The van der Waals surface area contributed by atoms with Gasteiger partial charge in [-0.2, -0.15) is 0 Å². The molecule has 1 aromatic rings. The van der Waals surface area contributed by atoms with E-state index in [0.717, 1.165) is 12.5 Å². The van der Waals surface area contributed by atoms with Crippen molar-refractivity contribution in [3.8, 4) is 5.75 Å². The van der Waals surface area contributed by atoms with Crippen molar-refractivity contribution >= 4 is 11.9 Å². The lowest BCUT2D eigenvalue weighted by molar-refractivity contribution is -0.131. The number of ether oxygens (including phenoxy) is 1. The number of esters is 1. The second kappa shape index (κ2) is 11.3. The molecule has 2 N–H and O–H groups in total. The summed E-state index contributed by atoms with van der Waals surface area (Å²) >= 11 is 0. The molecule has 0 saturated heterocycles. The molecule has 0 spiro atoms. The predicted molar refractivity (Wildman–Crippen MR) is 80.3 cm³/mol. The predicted octanol–water partition coefficient (Wildman–Crippen LogP) is 3.16. The van der Waals surface area contributed by atoms with Gasteiger partial charge in [0.15, 0.2) is 0 Å². The third-order valence-electron chi connectivity index (χ3n) is 2.08. The SMILES string of the molecule is CC=CC=CC(=O)O.CCCOC(=O)c1ccc(O)cc1. The molecular weight excluding hydrogens is 272 g/mol. The van der Waals surface area contributed by atoms with E-state index in [1.165, 1.54) is 30.3 Å². The van der Waals surface area contributed by atoms with E-state index in [1.54, 1.807) is 12.2 Å². The fourth-order valence-electron chi connectivity index (χ4n) is 1.12. The van der Waals surface area contributed by atoms with E-state index in [9.17, 15) is 9.59 Å². The number of aromatic hydroxyl groups is 1. The van der Waals surface area contributed by atoms with Gasteiger partial charge in [0.2, 0.25) is 0 Å². The van der Waals surface area contributed by atoms with Gasteiger partial charge in [0, 0.05) is 6.08 Å². The second-order valence-corrected chi connectivity index (χ2v) is 3.91. The van der Waals surface area contributed by atoms with Crippen molar-refractivity contribution in [3.05, 3.63) is 54.1 Å². The summed E-state index contributed by atoms with van der Waals surface area (Å²) in [5.41, 5.74) is 0.464. The zero-order valence-electron chi connectivity index (χ0n) is 12.2. The Morgan fingerprint density at radius 3 is 2.29 bits per heavy atom. The van der Waals surface area contributed by atoms with Gasteiger partial charge in [0.05, 0.1) is 12.2 Å². The first kappa shape index (κ1) is 18.4. The van der Waals surface area contributed by atoms with Crippen LogP contribution in [0.4, 0.5) is 0 Å². The molecule has 1 rings (SSSR count). The Labute approximate surface area is 124 Å². The number of carbonyl (C=O) groups excluding carboxylic acids is 1. The molecule has 0 atom stereocenters. The zero-order valence-corrected chi connectivity index (χ0v) is 12.2. The van der Waals surface area contributed by atoms with Crippen molar-refractivity contribution in [1.82, 2.24) is 0 Å². The number of rotatable bonds is 5. The highest BCUT2D eigenvalue weighted by atomic mass is 16.5. The largest absolute Gasteiger partial charge is 0.508 e. The molecule has 0 aliphatic carbocycles. The van der Waals surface area contributed by atoms with Crippen LogP contribution in [-0.4, -0.2) is 28.8 Å². The number of carboxylic acid groups (broad SMARTS) is 1. The van der Waals surface area contributed by atoms with Crippen molar-refractivity contribution in [2.45, 2.75) is 20.3 Å². The quantitative estimate of drug-likeness (QED) is 0.495. The summed E-state index contributed by atoms with van der Waals surface area (Å²) in [6.07, 6.45) is 6.79. The third kappa shape index (κ3) is 9.95. The number of aliphatic carboxylic acids is 1. The highest BCUT2D eigenvalue weighted by Gasteiger charge is 2.05. The lowest BCUT2D eigenvalue weighted by Crippen LogP contribution is -2.05. The maximum atomic E-state index is 11.2. The molecular formula is C16H20O5. The van der Waals surface area contributed by atoms with Crippen LogP contribution >= 0.6 is 0 Å². The van der Waals surface area contributed by atoms with Crippen LogP contribution in [0.25, 0.3) is 0 Å². The standard InChI is InChI=1S/C10H12O3.C6H8O2/c1-2-7-13-10(12)8-3-5-9(11)6-4-8;1-2-3-4-5-6(7)8/h3-6,11H,2,7H2,1H3;2-5H,1H3,(H,7,8). The number of carbonyl (C=O) groups is 2. The molecule has 5 heteroatoms. The van der Waals surface area contributed by atoms with E-state index in [2.05, 4.69) is 0 Å². The molecule has 0 saturated carbocycles. The Morgan fingerprint density at radius 1 is 1.19 bits per heavy atom. The summed E-state index contributed by atoms with van der Waals surface area (Å²) in [5.74, 6) is -1.11. The van der Waals surface area contributed by atoms with Crippen molar-refractivity contribution in [2.24, 2.45) is 0 Å². The summed E-state index contributed by atoms with van der Waals surface area (Å²) in [4.78, 5) is 21.0. The number of phenolic OH excluding ortho intramolecular Hbond substituents is 1. The van der Waals surface area contributed by atoms with E-state index in [0.29, 0.717) is 12.2 Å². The van der Waals surface area contributed by atoms with E-state index in [-0.39, 0.29) is 11.7 Å². The average Bonchev–Trinajstić information content (AvgIpc) is 2.46.